The number of β-lactam (4-membered cyclic amide) rings is 1. The van der Waals surface area contributed by atoms with Gasteiger partial charge in [-0.2, -0.15) is 0 Å². The van der Waals surface area contributed by atoms with E-state index >= 15 is 0 Å². The van der Waals surface area contributed by atoms with Crippen molar-refractivity contribution in [1.82, 2.24) is 0 Å². The molecule has 0 aromatic heterocycles. The molecular weight excluding hydrogens is 548 g/mol. The van der Waals surface area contributed by atoms with E-state index in [4.69, 9.17) is 4.74 Å². The minimum atomic E-state index is -1.47. The minimum Gasteiger partial charge on any atom is -0.394 e. The second kappa shape index (κ2) is 12.5. The number of hydrogen-bond donors (Lipinski definition) is 5. The van der Waals surface area contributed by atoms with E-state index in [1.807, 2.05) is 24.3 Å². The van der Waals surface area contributed by atoms with Crippen molar-refractivity contribution in [2.75, 3.05) is 11.5 Å². The van der Waals surface area contributed by atoms with Crippen LogP contribution in [0.1, 0.15) is 54.5 Å². The van der Waals surface area contributed by atoms with Crippen molar-refractivity contribution in [3.8, 4) is 0 Å². The number of amides is 1. The quantitative estimate of drug-likeness (QED) is 0.245. The Hall–Kier alpha value is -3.25. The largest absolute Gasteiger partial charge is 0.394 e. The zero-order chi connectivity index (χ0) is 30.1. The molecule has 2 heterocycles. The molecule has 2 saturated heterocycles. The molecule has 2 aliphatic heterocycles. The summed E-state index contributed by atoms with van der Waals surface area (Å²) in [6, 6.07) is 18.2. The van der Waals surface area contributed by atoms with Crippen molar-refractivity contribution in [1.29, 1.82) is 0 Å². The molecule has 5 rings (SSSR count). The van der Waals surface area contributed by atoms with Crippen molar-refractivity contribution >= 4 is 11.6 Å². The first kappa shape index (κ1) is 30.2. The highest BCUT2D eigenvalue weighted by molar-refractivity contribution is 6.03. The Bertz CT molecular complexity index is 1350. The molecule has 9 atom stereocenters. The smallest absolute Gasteiger partial charge is 0.233 e. The molecule has 5 N–H and O–H groups in total. The zero-order valence-corrected chi connectivity index (χ0v) is 23.0. The molecule has 0 bridgehead atoms. The highest BCUT2D eigenvalue weighted by Crippen LogP contribution is 2.46. The van der Waals surface area contributed by atoms with Crippen LogP contribution >= 0.6 is 0 Å². The van der Waals surface area contributed by atoms with E-state index in [0.717, 1.165) is 11.1 Å². The van der Waals surface area contributed by atoms with Crippen LogP contribution in [0.25, 0.3) is 0 Å². The number of hydrogen-bond acceptors (Lipinski definition) is 7. The number of rotatable bonds is 9. The average molecular weight is 584 g/mol. The summed E-state index contributed by atoms with van der Waals surface area (Å²) in [4.78, 5) is 15.0. The molecule has 8 nitrogen and oxygen atoms in total. The maximum Gasteiger partial charge on any atom is 0.233 e. The third-order valence-electron chi connectivity index (χ3n) is 8.55. The molecule has 0 aliphatic carbocycles. The second-order valence-corrected chi connectivity index (χ2v) is 11.1. The summed E-state index contributed by atoms with van der Waals surface area (Å²) in [5, 5.41) is 51.1. The van der Waals surface area contributed by atoms with E-state index in [0.29, 0.717) is 17.7 Å². The molecule has 1 unspecified atom stereocenters. The number of aliphatic hydroxyl groups is 5. The van der Waals surface area contributed by atoms with E-state index in [1.165, 1.54) is 36.4 Å². The molecule has 224 valence electrons. The maximum atomic E-state index is 13.6. The number of halogens is 2. The molecule has 1 amide bonds. The van der Waals surface area contributed by atoms with Gasteiger partial charge >= 0.3 is 0 Å². The number of carbonyl (C=O) groups is 1. The molecule has 0 saturated carbocycles. The Morgan fingerprint density at radius 2 is 1.40 bits per heavy atom. The summed E-state index contributed by atoms with van der Waals surface area (Å²) in [5.74, 6) is -1.85. The number of nitrogens with zero attached hydrogens (tertiary/aromatic N) is 1. The number of ether oxygens (including phenoxy) is 1. The fourth-order valence-corrected chi connectivity index (χ4v) is 6.02. The molecule has 3 aromatic carbocycles. The normalized spacial score (nSPS) is 29.2. The minimum absolute atomic E-state index is 0.156. The van der Waals surface area contributed by atoms with Crippen LogP contribution in [0.3, 0.4) is 0 Å². The predicted octanol–water partition coefficient (Wildman–Crippen LogP) is 3.13. The van der Waals surface area contributed by atoms with Crippen molar-refractivity contribution in [3.05, 3.63) is 101 Å². The highest BCUT2D eigenvalue weighted by Gasteiger charge is 2.49. The zero-order valence-electron chi connectivity index (χ0n) is 23.0. The Morgan fingerprint density at radius 1 is 0.833 bits per heavy atom. The first-order valence-electron chi connectivity index (χ1n) is 14.0. The van der Waals surface area contributed by atoms with Gasteiger partial charge in [0.25, 0.3) is 0 Å². The van der Waals surface area contributed by atoms with Crippen LogP contribution < -0.4 is 4.90 Å². The topological polar surface area (TPSA) is 131 Å². The standard InChI is InChI=1S/C32H35F2NO7/c1-17(31-30(40)29(39)28(38)26(16-36)42-31)18-2-4-20(5-3-18)27-24(14-15-25(37)19-6-8-21(33)9-7-19)32(41)35(27)23-12-10-22(34)11-13-23/h2-13,17,24-31,36-40H,14-16H2,1H3/t17?,24-,25+,26-,27-,28-,29+,30-,31+/m1/s1. The van der Waals surface area contributed by atoms with Gasteiger partial charge in [-0.15, -0.1) is 0 Å². The van der Waals surface area contributed by atoms with Crippen LogP contribution in [0.5, 0.6) is 0 Å². The first-order valence-corrected chi connectivity index (χ1v) is 14.0. The summed E-state index contributed by atoms with van der Waals surface area (Å²) < 4.78 is 32.7. The lowest BCUT2D eigenvalue weighted by molar-refractivity contribution is -0.233. The van der Waals surface area contributed by atoms with Gasteiger partial charge in [-0.1, -0.05) is 43.3 Å². The lowest BCUT2D eigenvalue weighted by Gasteiger charge is -2.48. The van der Waals surface area contributed by atoms with E-state index in [2.05, 4.69) is 0 Å². The summed E-state index contributed by atoms with van der Waals surface area (Å²) >= 11 is 0. The van der Waals surface area contributed by atoms with Gasteiger partial charge in [-0.05, 0) is 65.9 Å². The number of carbonyl (C=O) groups excluding carboxylic acids is 1. The number of anilines is 1. The van der Waals surface area contributed by atoms with Gasteiger partial charge in [-0.25, -0.2) is 8.78 Å². The van der Waals surface area contributed by atoms with Crippen LogP contribution in [0.15, 0.2) is 72.8 Å². The van der Waals surface area contributed by atoms with Crippen LogP contribution in [0.2, 0.25) is 0 Å². The van der Waals surface area contributed by atoms with Crippen LogP contribution in [0, 0.1) is 17.6 Å². The van der Waals surface area contributed by atoms with Crippen LogP contribution in [-0.4, -0.2) is 68.6 Å². The maximum absolute atomic E-state index is 13.6. The lowest BCUT2D eigenvalue weighted by atomic mass is 9.77. The van der Waals surface area contributed by atoms with Gasteiger partial charge in [0, 0.05) is 11.6 Å². The number of aliphatic hydroxyl groups excluding tert-OH is 5. The van der Waals surface area contributed by atoms with E-state index < -0.39 is 66.7 Å². The summed E-state index contributed by atoms with van der Waals surface area (Å²) in [6.45, 7) is 1.29. The Labute approximate surface area is 242 Å². The van der Waals surface area contributed by atoms with Crippen molar-refractivity contribution in [3.63, 3.8) is 0 Å². The van der Waals surface area contributed by atoms with Crippen molar-refractivity contribution < 1.29 is 43.8 Å². The molecule has 10 heteroatoms. The third-order valence-corrected chi connectivity index (χ3v) is 8.55. The van der Waals surface area contributed by atoms with E-state index in [-0.39, 0.29) is 18.4 Å². The first-order chi connectivity index (χ1) is 20.1. The molecule has 0 radical (unpaired) electrons. The fourth-order valence-electron chi connectivity index (χ4n) is 6.02. The van der Waals surface area contributed by atoms with Crippen LogP contribution in [0.4, 0.5) is 14.5 Å². The fraction of sp³-hybridized carbons (Fsp3) is 0.406. The van der Waals surface area contributed by atoms with Gasteiger partial charge in [-0.3, -0.25) is 4.79 Å². The Kier molecular flexibility index (Phi) is 9.03. The highest BCUT2D eigenvalue weighted by atomic mass is 19.1. The van der Waals surface area contributed by atoms with Gasteiger partial charge in [0.15, 0.2) is 0 Å². The molecule has 2 fully saturated rings. The van der Waals surface area contributed by atoms with Crippen molar-refractivity contribution in [2.45, 2.75) is 68.3 Å². The molecule has 2 aliphatic rings. The average Bonchev–Trinajstić information content (AvgIpc) is 3.00. The third kappa shape index (κ3) is 5.83. The van der Waals surface area contributed by atoms with E-state index in [9.17, 15) is 39.1 Å². The van der Waals surface area contributed by atoms with E-state index in [1.54, 1.807) is 24.0 Å². The Balaban J connectivity index is 1.36. The van der Waals surface area contributed by atoms with Gasteiger partial charge in [0.1, 0.15) is 36.1 Å². The molecule has 3 aromatic rings. The molecule has 0 spiro atoms. The van der Waals surface area contributed by atoms with Crippen LogP contribution in [-0.2, 0) is 9.53 Å². The summed E-state index contributed by atoms with van der Waals surface area (Å²) in [6.07, 6.45) is -6.40. The summed E-state index contributed by atoms with van der Waals surface area (Å²) in [5.41, 5.74) is 2.68. The van der Waals surface area contributed by atoms with Crippen molar-refractivity contribution in [2.24, 2.45) is 5.92 Å². The van der Waals surface area contributed by atoms with Gasteiger partial charge in [0.2, 0.25) is 5.91 Å². The molecular formula is C32H35F2NO7. The Morgan fingerprint density at radius 3 is 2.00 bits per heavy atom. The predicted molar refractivity (Wildman–Crippen MR) is 149 cm³/mol. The van der Waals surface area contributed by atoms with Gasteiger partial charge < -0.3 is 35.2 Å². The second-order valence-electron chi connectivity index (χ2n) is 11.1. The lowest BCUT2D eigenvalue weighted by Crippen LogP contribution is -2.59. The van der Waals surface area contributed by atoms with Gasteiger partial charge in [0.05, 0.1) is 30.8 Å². The monoisotopic (exact) mass is 583 g/mol. The number of benzene rings is 3. The SMILES string of the molecule is CC(c1ccc([C@@H]2[C@@H](CC[C@H](O)c3ccc(F)cc3)C(=O)N2c2ccc(F)cc2)cc1)[C@@H]1O[C@H](CO)[C@@H](O)[C@H](O)[C@H]1O. The molecule has 42 heavy (non-hydrogen) atoms. The summed E-state index contributed by atoms with van der Waals surface area (Å²) in [7, 11) is 0.